The van der Waals surface area contributed by atoms with Gasteiger partial charge >= 0.3 is 5.97 Å². The predicted molar refractivity (Wildman–Crippen MR) is 269 cm³/mol. The van der Waals surface area contributed by atoms with Crippen LogP contribution in [-0.2, 0) is 14.3 Å². The number of esters is 1. The number of aliphatic hydroxyl groups excluding tert-OH is 2. The smallest absolute Gasteiger partial charge is 0.306 e. The maximum atomic E-state index is 13.2. The number of ether oxygens (including phenoxy) is 1. The summed E-state index contributed by atoms with van der Waals surface area (Å²) in [7, 11) is 0. The van der Waals surface area contributed by atoms with Gasteiger partial charge in [0.2, 0.25) is 5.91 Å². The van der Waals surface area contributed by atoms with Crippen molar-refractivity contribution in [2.75, 3.05) is 6.61 Å². The average molecular weight is 872 g/mol. The molecule has 6 nitrogen and oxygen atoms in total. The van der Waals surface area contributed by atoms with Crippen molar-refractivity contribution in [2.24, 2.45) is 0 Å². The molecule has 0 aromatic carbocycles. The van der Waals surface area contributed by atoms with Gasteiger partial charge in [0, 0.05) is 6.42 Å². The van der Waals surface area contributed by atoms with Crippen molar-refractivity contribution in [1.29, 1.82) is 0 Å². The van der Waals surface area contributed by atoms with Crippen LogP contribution in [0.4, 0.5) is 0 Å². The topological polar surface area (TPSA) is 95.9 Å². The number of hydrogen-bond acceptors (Lipinski definition) is 5. The second-order valence-electron chi connectivity index (χ2n) is 18.6. The van der Waals surface area contributed by atoms with E-state index >= 15 is 0 Å². The van der Waals surface area contributed by atoms with Crippen LogP contribution in [0.25, 0.3) is 0 Å². The first-order valence-electron chi connectivity index (χ1n) is 27.2. The molecule has 0 aromatic heterocycles. The summed E-state index contributed by atoms with van der Waals surface area (Å²) in [5, 5.41) is 23.8. The van der Waals surface area contributed by atoms with E-state index in [4.69, 9.17) is 4.74 Å². The summed E-state index contributed by atoms with van der Waals surface area (Å²) in [6.07, 6.45) is 59.2. The van der Waals surface area contributed by atoms with Crippen LogP contribution in [0, 0.1) is 0 Å². The number of hydrogen-bond donors (Lipinski definition) is 3. The Morgan fingerprint density at radius 3 is 1.32 bits per heavy atom. The maximum Gasteiger partial charge on any atom is 0.306 e. The van der Waals surface area contributed by atoms with E-state index in [9.17, 15) is 19.8 Å². The molecule has 0 aliphatic rings. The molecule has 364 valence electrons. The number of carbonyl (C=O) groups is 2. The van der Waals surface area contributed by atoms with Gasteiger partial charge in [-0.15, -0.1) is 0 Å². The van der Waals surface area contributed by atoms with Gasteiger partial charge in [-0.3, -0.25) is 9.59 Å². The summed E-state index contributed by atoms with van der Waals surface area (Å²) >= 11 is 0. The molecule has 0 saturated heterocycles. The van der Waals surface area contributed by atoms with Crippen molar-refractivity contribution < 1.29 is 24.5 Å². The lowest BCUT2D eigenvalue weighted by atomic mass is 10.0. The molecule has 0 bridgehead atoms. The zero-order chi connectivity index (χ0) is 45.2. The molecule has 3 N–H and O–H groups in total. The molecule has 0 aliphatic carbocycles. The Morgan fingerprint density at radius 1 is 0.484 bits per heavy atom. The van der Waals surface area contributed by atoms with Crippen molar-refractivity contribution >= 4 is 11.9 Å². The Hall–Kier alpha value is -1.92. The summed E-state index contributed by atoms with van der Waals surface area (Å²) in [6, 6.07) is -0.701. The molecule has 0 aromatic rings. The van der Waals surface area contributed by atoms with Gasteiger partial charge in [-0.2, -0.15) is 0 Å². The second-order valence-corrected chi connectivity index (χ2v) is 18.6. The molecule has 0 fully saturated rings. The number of unbranched alkanes of at least 4 members (excludes halogenated alkanes) is 31. The summed E-state index contributed by atoms with van der Waals surface area (Å²) in [5.74, 6) is -0.475. The molecule has 0 rings (SSSR count). The van der Waals surface area contributed by atoms with Crippen LogP contribution in [0.2, 0.25) is 0 Å². The Morgan fingerprint density at radius 2 is 0.871 bits per heavy atom. The molecular formula is C56H105NO5. The molecule has 62 heavy (non-hydrogen) atoms. The molecule has 6 heteroatoms. The normalized spacial score (nSPS) is 13.4. The number of aliphatic hydroxyl groups is 2. The molecule has 3 unspecified atom stereocenters. The zero-order valence-corrected chi connectivity index (χ0v) is 41.5. The van der Waals surface area contributed by atoms with E-state index in [1.807, 2.05) is 0 Å². The maximum absolute atomic E-state index is 13.2. The van der Waals surface area contributed by atoms with Crippen molar-refractivity contribution in [3.8, 4) is 0 Å². The predicted octanol–water partition coefficient (Wildman–Crippen LogP) is 16.5. The lowest BCUT2D eigenvalue weighted by Crippen LogP contribution is -2.46. The summed E-state index contributed by atoms with van der Waals surface area (Å²) in [5.41, 5.74) is 0. The third-order valence-corrected chi connectivity index (χ3v) is 12.5. The van der Waals surface area contributed by atoms with Crippen LogP contribution in [0.15, 0.2) is 36.5 Å². The summed E-state index contributed by atoms with van der Waals surface area (Å²) < 4.78 is 5.94. The van der Waals surface area contributed by atoms with E-state index in [-0.39, 0.29) is 24.9 Å². The van der Waals surface area contributed by atoms with Gasteiger partial charge in [-0.25, -0.2) is 0 Å². The molecule has 0 heterocycles. The highest BCUT2D eigenvalue weighted by Gasteiger charge is 2.24. The fraction of sp³-hybridized carbons (Fsp3) is 0.857. The quantitative estimate of drug-likeness (QED) is 0.0321. The van der Waals surface area contributed by atoms with Gasteiger partial charge in [0.25, 0.3) is 0 Å². The summed E-state index contributed by atoms with van der Waals surface area (Å²) in [6.45, 7) is 6.39. The molecule has 0 radical (unpaired) electrons. The standard InChI is InChI=1S/C56H105NO5/c1-4-7-10-13-16-19-22-25-27-29-31-34-37-40-43-46-49-56(61)62-52(47-44-41-38-35-32-24-21-18-15-12-9-6-3)50-55(60)57-53(51-58)54(59)48-45-42-39-36-33-30-28-26-23-20-17-14-11-8-5-2/h7,10,16,19,25,27,52-54,58-59H,4-6,8-9,11-15,17-18,20-24,26,28-51H2,1-3H3,(H,57,60)/b10-7+,19-16+,27-25+. The number of carbonyl (C=O) groups excluding carboxylic acids is 2. The highest BCUT2D eigenvalue weighted by atomic mass is 16.5. The van der Waals surface area contributed by atoms with E-state index in [1.54, 1.807) is 0 Å². The Labute approximate surface area is 385 Å². The van der Waals surface area contributed by atoms with Gasteiger partial charge < -0.3 is 20.3 Å². The summed E-state index contributed by atoms with van der Waals surface area (Å²) in [4.78, 5) is 26.2. The third kappa shape index (κ3) is 44.7. The van der Waals surface area contributed by atoms with Crippen molar-refractivity contribution in [2.45, 2.75) is 302 Å². The average Bonchev–Trinajstić information content (AvgIpc) is 3.26. The Balaban J connectivity index is 4.51. The molecule has 0 aliphatic heterocycles. The van der Waals surface area contributed by atoms with Gasteiger partial charge in [0.05, 0.1) is 25.2 Å². The molecule has 3 atom stereocenters. The van der Waals surface area contributed by atoms with Crippen molar-refractivity contribution in [1.82, 2.24) is 5.32 Å². The lowest BCUT2D eigenvalue weighted by molar-refractivity contribution is -0.151. The van der Waals surface area contributed by atoms with Crippen molar-refractivity contribution in [3.63, 3.8) is 0 Å². The minimum Gasteiger partial charge on any atom is -0.462 e. The highest BCUT2D eigenvalue weighted by molar-refractivity contribution is 5.77. The van der Waals surface area contributed by atoms with Crippen LogP contribution in [-0.4, -0.2) is 46.9 Å². The lowest BCUT2D eigenvalue weighted by Gasteiger charge is -2.24. The van der Waals surface area contributed by atoms with Crippen molar-refractivity contribution in [3.05, 3.63) is 36.5 Å². The molecular weight excluding hydrogens is 767 g/mol. The molecule has 0 saturated carbocycles. The first kappa shape index (κ1) is 60.1. The first-order valence-corrected chi connectivity index (χ1v) is 27.2. The van der Waals surface area contributed by atoms with E-state index in [0.29, 0.717) is 19.3 Å². The van der Waals surface area contributed by atoms with Gasteiger partial charge in [-0.05, 0) is 57.8 Å². The largest absolute Gasteiger partial charge is 0.462 e. The fourth-order valence-corrected chi connectivity index (χ4v) is 8.39. The second kappa shape index (κ2) is 50.1. The van der Waals surface area contributed by atoms with E-state index in [1.165, 1.54) is 167 Å². The van der Waals surface area contributed by atoms with Gasteiger partial charge in [-0.1, -0.05) is 250 Å². The third-order valence-electron chi connectivity index (χ3n) is 12.5. The highest BCUT2D eigenvalue weighted by Crippen LogP contribution is 2.18. The fourth-order valence-electron chi connectivity index (χ4n) is 8.39. The number of rotatable bonds is 49. The zero-order valence-electron chi connectivity index (χ0n) is 41.5. The minimum atomic E-state index is -0.787. The SMILES string of the molecule is CC/C=C/C/C=C/C/C=C/CCCCCCCCC(=O)OC(CCCCCCCCCCCCCC)CC(=O)NC(CO)C(O)CCCCCCCCCCCCCCCCC. The van der Waals surface area contributed by atoms with Crippen LogP contribution in [0.3, 0.4) is 0 Å². The molecule has 1 amide bonds. The first-order chi connectivity index (χ1) is 30.5. The van der Waals surface area contributed by atoms with Crippen LogP contribution >= 0.6 is 0 Å². The monoisotopic (exact) mass is 872 g/mol. The number of amides is 1. The number of nitrogens with one attached hydrogen (secondary N) is 1. The van der Waals surface area contributed by atoms with E-state index < -0.39 is 18.2 Å². The van der Waals surface area contributed by atoms with Crippen LogP contribution in [0.5, 0.6) is 0 Å². The Kier molecular flexibility index (Phi) is 48.5. The minimum absolute atomic E-state index is 0.0764. The van der Waals surface area contributed by atoms with Crippen LogP contribution in [0.1, 0.15) is 284 Å². The Bertz CT molecular complexity index is 1020. The van der Waals surface area contributed by atoms with E-state index in [0.717, 1.165) is 70.6 Å². The van der Waals surface area contributed by atoms with Gasteiger partial charge in [0.1, 0.15) is 6.10 Å². The van der Waals surface area contributed by atoms with E-state index in [2.05, 4.69) is 62.5 Å². The van der Waals surface area contributed by atoms with Crippen LogP contribution < -0.4 is 5.32 Å². The van der Waals surface area contributed by atoms with Gasteiger partial charge in [0.15, 0.2) is 0 Å². The number of allylic oxidation sites excluding steroid dienone is 6. The molecule has 0 spiro atoms.